The molecule has 0 spiro atoms. The molecule has 0 aromatic heterocycles. The predicted octanol–water partition coefficient (Wildman–Crippen LogP) is 3.19. The monoisotopic (exact) mass is 394 g/mol. The summed E-state index contributed by atoms with van der Waals surface area (Å²) in [5, 5.41) is 14.0. The van der Waals surface area contributed by atoms with E-state index in [1.807, 2.05) is 25.1 Å². The molecule has 2 aromatic rings. The lowest BCUT2D eigenvalue weighted by Gasteiger charge is -2.28. The lowest BCUT2D eigenvalue weighted by atomic mass is 9.77. The van der Waals surface area contributed by atoms with Crippen LogP contribution >= 0.6 is 0 Å². The lowest BCUT2D eigenvalue weighted by Crippen LogP contribution is -2.38. The van der Waals surface area contributed by atoms with Crippen LogP contribution in [0.1, 0.15) is 42.4 Å². The molecular weight excluding hydrogens is 368 g/mol. The summed E-state index contributed by atoms with van der Waals surface area (Å²) in [5.74, 6) is -1.42. The van der Waals surface area contributed by atoms with Crippen molar-refractivity contribution < 1.29 is 19.5 Å². The van der Waals surface area contributed by atoms with E-state index >= 15 is 0 Å². The van der Waals surface area contributed by atoms with Crippen molar-refractivity contribution in [3.63, 3.8) is 0 Å². The zero-order chi connectivity index (χ0) is 20.9. The SMILES string of the molecule is Cc1cccc(C2(C(=O)Nc3ccc(CC(=O)NCC(=O)O)cc3)CCCC2)c1. The Kier molecular flexibility index (Phi) is 6.32. The first-order chi connectivity index (χ1) is 13.9. The van der Waals surface area contributed by atoms with E-state index in [-0.39, 0.29) is 18.2 Å². The Morgan fingerprint density at radius 1 is 1.03 bits per heavy atom. The van der Waals surface area contributed by atoms with Crippen molar-refractivity contribution in [2.24, 2.45) is 0 Å². The number of aryl methyl sites for hydroxylation is 1. The number of aliphatic carboxylic acids is 1. The predicted molar refractivity (Wildman–Crippen MR) is 111 cm³/mol. The normalized spacial score (nSPS) is 14.9. The van der Waals surface area contributed by atoms with Crippen LogP contribution in [0.4, 0.5) is 5.69 Å². The number of anilines is 1. The fraction of sp³-hybridized carbons (Fsp3) is 0.348. The van der Waals surface area contributed by atoms with Gasteiger partial charge >= 0.3 is 5.97 Å². The minimum Gasteiger partial charge on any atom is -0.480 e. The van der Waals surface area contributed by atoms with E-state index in [0.29, 0.717) is 5.69 Å². The van der Waals surface area contributed by atoms with Gasteiger partial charge in [-0.2, -0.15) is 0 Å². The first-order valence-electron chi connectivity index (χ1n) is 9.85. The molecule has 1 saturated carbocycles. The maximum absolute atomic E-state index is 13.2. The van der Waals surface area contributed by atoms with E-state index < -0.39 is 17.9 Å². The Morgan fingerprint density at radius 3 is 2.34 bits per heavy atom. The van der Waals surface area contributed by atoms with E-state index in [4.69, 9.17) is 5.11 Å². The number of carbonyl (C=O) groups is 3. The molecule has 3 N–H and O–H groups in total. The molecule has 1 aliphatic rings. The number of carbonyl (C=O) groups excluding carboxylic acids is 2. The summed E-state index contributed by atoms with van der Waals surface area (Å²) in [4.78, 5) is 35.5. The summed E-state index contributed by atoms with van der Waals surface area (Å²) in [5.41, 5.74) is 3.15. The van der Waals surface area contributed by atoms with Gasteiger partial charge in [0.25, 0.3) is 0 Å². The van der Waals surface area contributed by atoms with Gasteiger partial charge in [-0.15, -0.1) is 0 Å². The van der Waals surface area contributed by atoms with Crippen LogP contribution < -0.4 is 10.6 Å². The van der Waals surface area contributed by atoms with E-state index in [9.17, 15) is 14.4 Å². The summed E-state index contributed by atoms with van der Waals surface area (Å²) < 4.78 is 0. The second-order valence-electron chi connectivity index (χ2n) is 7.66. The number of nitrogens with one attached hydrogen (secondary N) is 2. The van der Waals surface area contributed by atoms with E-state index in [0.717, 1.165) is 42.4 Å². The Hall–Kier alpha value is -3.15. The second-order valence-corrected chi connectivity index (χ2v) is 7.66. The van der Waals surface area contributed by atoms with Gasteiger partial charge in [0.2, 0.25) is 11.8 Å². The number of benzene rings is 2. The third-order valence-corrected chi connectivity index (χ3v) is 5.48. The highest BCUT2D eigenvalue weighted by atomic mass is 16.4. The molecule has 0 bridgehead atoms. The van der Waals surface area contributed by atoms with Crippen LogP contribution in [-0.4, -0.2) is 29.4 Å². The molecule has 6 heteroatoms. The van der Waals surface area contributed by atoms with Crippen molar-refractivity contribution in [3.05, 3.63) is 65.2 Å². The molecule has 0 aliphatic heterocycles. The fourth-order valence-corrected chi connectivity index (χ4v) is 3.95. The standard InChI is InChI=1S/C23H26N2O4/c1-16-5-4-6-18(13-16)23(11-2-3-12-23)22(29)25-19-9-7-17(8-10-19)14-20(26)24-15-21(27)28/h4-10,13H,2-3,11-12,14-15H2,1H3,(H,24,26)(H,25,29)(H,27,28). The molecule has 29 heavy (non-hydrogen) atoms. The van der Waals surface area contributed by atoms with Gasteiger partial charge in [0.15, 0.2) is 0 Å². The first-order valence-corrected chi connectivity index (χ1v) is 9.85. The van der Waals surface area contributed by atoms with Crippen molar-refractivity contribution in [1.82, 2.24) is 5.32 Å². The third-order valence-electron chi connectivity index (χ3n) is 5.48. The van der Waals surface area contributed by atoms with Crippen molar-refractivity contribution >= 4 is 23.5 Å². The van der Waals surface area contributed by atoms with E-state index in [2.05, 4.69) is 16.7 Å². The van der Waals surface area contributed by atoms with Gasteiger partial charge < -0.3 is 15.7 Å². The zero-order valence-corrected chi connectivity index (χ0v) is 16.5. The van der Waals surface area contributed by atoms with Crippen LogP contribution in [0.3, 0.4) is 0 Å². The van der Waals surface area contributed by atoms with Crippen molar-refractivity contribution in [1.29, 1.82) is 0 Å². The number of hydrogen-bond acceptors (Lipinski definition) is 3. The minimum absolute atomic E-state index is 0.00699. The summed E-state index contributed by atoms with van der Waals surface area (Å²) >= 11 is 0. The molecule has 3 rings (SSSR count). The maximum atomic E-state index is 13.2. The molecule has 1 fully saturated rings. The smallest absolute Gasteiger partial charge is 0.322 e. The largest absolute Gasteiger partial charge is 0.480 e. The molecule has 0 radical (unpaired) electrons. The van der Waals surface area contributed by atoms with Crippen LogP contribution in [0.15, 0.2) is 48.5 Å². The maximum Gasteiger partial charge on any atom is 0.322 e. The molecule has 152 valence electrons. The molecule has 0 unspecified atom stereocenters. The van der Waals surface area contributed by atoms with Gasteiger partial charge in [0.05, 0.1) is 11.8 Å². The van der Waals surface area contributed by atoms with E-state index in [1.54, 1.807) is 24.3 Å². The number of hydrogen-bond donors (Lipinski definition) is 3. The summed E-state index contributed by atoms with van der Waals surface area (Å²) in [7, 11) is 0. The quantitative estimate of drug-likeness (QED) is 0.672. The highest BCUT2D eigenvalue weighted by molar-refractivity contribution is 5.99. The van der Waals surface area contributed by atoms with Gasteiger partial charge in [-0.3, -0.25) is 14.4 Å². The van der Waals surface area contributed by atoms with Gasteiger partial charge in [0, 0.05) is 5.69 Å². The average molecular weight is 394 g/mol. The van der Waals surface area contributed by atoms with Crippen molar-refractivity contribution in [2.75, 3.05) is 11.9 Å². The summed E-state index contributed by atoms with van der Waals surface area (Å²) in [6.07, 6.45) is 3.83. The summed E-state index contributed by atoms with van der Waals surface area (Å²) in [6, 6.07) is 15.3. The lowest BCUT2D eigenvalue weighted by molar-refractivity contribution is -0.137. The van der Waals surface area contributed by atoms with Crippen LogP contribution in [0.2, 0.25) is 0 Å². The highest BCUT2D eigenvalue weighted by Crippen LogP contribution is 2.42. The molecule has 0 saturated heterocycles. The van der Waals surface area contributed by atoms with Crippen LogP contribution in [0.25, 0.3) is 0 Å². The number of amides is 2. The van der Waals surface area contributed by atoms with Crippen molar-refractivity contribution in [2.45, 2.75) is 44.4 Å². The number of rotatable bonds is 7. The fourth-order valence-electron chi connectivity index (χ4n) is 3.95. The molecule has 1 aliphatic carbocycles. The number of carboxylic acid groups (broad SMARTS) is 1. The third kappa shape index (κ3) is 5.02. The Morgan fingerprint density at radius 2 is 1.72 bits per heavy atom. The highest BCUT2D eigenvalue weighted by Gasteiger charge is 2.42. The van der Waals surface area contributed by atoms with Gasteiger partial charge in [-0.25, -0.2) is 0 Å². The van der Waals surface area contributed by atoms with Crippen LogP contribution in [0.5, 0.6) is 0 Å². The average Bonchev–Trinajstić information content (AvgIpc) is 3.19. The Labute approximate surface area is 170 Å². The topological polar surface area (TPSA) is 95.5 Å². The Bertz CT molecular complexity index is 899. The van der Waals surface area contributed by atoms with Gasteiger partial charge in [-0.1, -0.05) is 54.8 Å². The minimum atomic E-state index is -1.08. The second kappa shape index (κ2) is 8.90. The molecule has 2 amide bonds. The summed E-state index contributed by atoms with van der Waals surface area (Å²) in [6.45, 7) is 1.64. The Balaban J connectivity index is 1.68. The van der Waals surface area contributed by atoms with Gasteiger partial charge in [0.1, 0.15) is 6.54 Å². The van der Waals surface area contributed by atoms with Crippen molar-refractivity contribution in [3.8, 4) is 0 Å². The molecule has 0 atom stereocenters. The number of carboxylic acids is 1. The van der Waals surface area contributed by atoms with E-state index in [1.165, 1.54) is 0 Å². The first kappa shape index (κ1) is 20.6. The van der Waals surface area contributed by atoms with Crippen LogP contribution in [0, 0.1) is 6.92 Å². The molecular formula is C23H26N2O4. The molecule has 2 aromatic carbocycles. The molecule has 0 heterocycles. The van der Waals surface area contributed by atoms with Crippen LogP contribution in [-0.2, 0) is 26.2 Å². The zero-order valence-electron chi connectivity index (χ0n) is 16.5. The molecule has 6 nitrogen and oxygen atoms in total. The van der Waals surface area contributed by atoms with Gasteiger partial charge in [-0.05, 0) is 43.0 Å².